The Hall–Kier alpha value is -4.82. The van der Waals surface area contributed by atoms with Crippen LogP contribution in [0.15, 0.2) is 36.4 Å². The van der Waals surface area contributed by atoms with E-state index < -0.39 is 90.1 Å². The Morgan fingerprint density at radius 3 is 2.35 bits per heavy atom. The van der Waals surface area contributed by atoms with Crippen molar-refractivity contribution in [2.75, 3.05) is 26.7 Å². The van der Waals surface area contributed by atoms with E-state index in [2.05, 4.69) is 22.9 Å². The number of carbonyl (C=O) groups is 7. The first-order chi connectivity index (χ1) is 24.8. The van der Waals surface area contributed by atoms with Crippen LogP contribution in [-0.4, -0.2) is 119 Å². The van der Waals surface area contributed by atoms with Crippen LogP contribution >= 0.6 is 0 Å². The molecular weight excluding hydrogens is 675 g/mol. The Morgan fingerprint density at radius 1 is 0.981 bits per heavy atom. The monoisotopic (exact) mass is 726 g/mol. The summed E-state index contributed by atoms with van der Waals surface area (Å²) >= 11 is 0. The van der Waals surface area contributed by atoms with Crippen molar-refractivity contribution in [1.82, 2.24) is 30.7 Å². The molecule has 3 N–H and O–H groups in total. The number of hydrogen-bond acceptors (Lipinski definition) is 8. The zero-order valence-corrected chi connectivity index (χ0v) is 30.4. The van der Waals surface area contributed by atoms with Crippen LogP contribution in [0.4, 0.5) is 4.39 Å². The molecule has 0 radical (unpaired) electrons. The van der Waals surface area contributed by atoms with Crippen LogP contribution < -0.4 is 16.0 Å². The maximum absolute atomic E-state index is 14.8. The lowest BCUT2D eigenvalue weighted by molar-refractivity contribution is -0.158. The molecular formula is C37H51FN6O8. The fourth-order valence-corrected chi connectivity index (χ4v) is 6.73. The first-order valence-corrected chi connectivity index (χ1v) is 18.2. The van der Waals surface area contributed by atoms with E-state index in [0.29, 0.717) is 25.7 Å². The van der Waals surface area contributed by atoms with E-state index in [-0.39, 0.29) is 31.5 Å². The number of ether oxygens (including phenoxy) is 1. The lowest BCUT2D eigenvalue weighted by atomic mass is 10.0. The number of rotatable bonds is 10. The SMILES string of the molecule is CCCCCC=CC(=O)N[C@@H](Cc1ccccc1F)C(=O)N[C@H]1COC(=O)[C@@H]2CCCN2C(=O)[C@H](C)NC(=O)[C@H](C)N(C)C(=O)[C@@H]2CCCN2C1=O. The van der Waals surface area contributed by atoms with Crippen molar-refractivity contribution >= 4 is 41.4 Å². The van der Waals surface area contributed by atoms with Gasteiger partial charge in [0.15, 0.2) is 0 Å². The van der Waals surface area contributed by atoms with Gasteiger partial charge in [-0.05, 0) is 70.1 Å². The van der Waals surface area contributed by atoms with E-state index in [4.69, 9.17) is 4.74 Å². The molecule has 6 amide bonds. The number of amides is 6. The van der Waals surface area contributed by atoms with Crippen LogP contribution in [0.2, 0.25) is 0 Å². The molecule has 3 saturated heterocycles. The van der Waals surface area contributed by atoms with Crippen LogP contribution in [-0.2, 0) is 44.7 Å². The minimum Gasteiger partial charge on any atom is -0.461 e. The quantitative estimate of drug-likeness (QED) is 0.184. The number of nitrogens with zero attached hydrogens (tertiary/aromatic N) is 3. The van der Waals surface area contributed by atoms with Crippen molar-refractivity contribution in [2.24, 2.45) is 0 Å². The molecule has 3 heterocycles. The smallest absolute Gasteiger partial charge is 0.328 e. The number of nitrogens with one attached hydrogen (secondary N) is 3. The second-order valence-corrected chi connectivity index (χ2v) is 13.7. The van der Waals surface area contributed by atoms with Gasteiger partial charge in [-0.25, -0.2) is 9.18 Å². The molecule has 1 aromatic rings. The van der Waals surface area contributed by atoms with Gasteiger partial charge in [-0.1, -0.05) is 44.0 Å². The summed E-state index contributed by atoms with van der Waals surface area (Å²) in [6.07, 6.45) is 7.83. The minimum atomic E-state index is -1.50. The van der Waals surface area contributed by atoms with Crippen molar-refractivity contribution in [1.29, 1.82) is 0 Å². The largest absolute Gasteiger partial charge is 0.461 e. The van der Waals surface area contributed by atoms with E-state index in [1.807, 2.05) is 0 Å². The highest BCUT2D eigenvalue weighted by molar-refractivity contribution is 5.98. The molecule has 0 bridgehead atoms. The fraction of sp³-hybridized carbons (Fsp3) is 0.595. The molecule has 14 nitrogen and oxygen atoms in total. The number of carbonyl (C=O) groups excluding carboxylic acids is 7. The van der Waals surface area contributed by atoms with Crippen LogP contribution in [0, 0.1) is 5.82 Å². The minimum absolute atomic E-state index is 0.150. The van der Waals surface area contributed by atoms with Crippen LogP contribution in [0.25, 0.3) is 0 Å². The molecule has 0 aromatic heterocycles. The van der Waals surface area contributed by atoms with Gasteiger partial charge in [-0.15, -0.1) is 0 Å². The maximum atomic E-state index is 14.8. The first kappa shape index (κ1) is 40.0. The number of unbranched alkanes of at least 4 members (excludes halogenated alkanes) is 3. The molecule has 4 rings (SSSR count). The second kappa shape index (κ2) is 18.6. The Kier molecular flexibility index (Phi) is 14.3. The lowest BCUT2D eigenvalue weighted by Gasteiger charge is -2.34. The summed E-state index contributed by atoms with van der Waals surface area (Å²) in [5.74, 6) is -5.13. The molecule has 3 fully saturated rings. The summed E-state index contributed by atoms with van der Waals surface area (Å²) in [5, 5.41) is 7.87. The molecule has 0 spiro atoms. The number of esters is 1. The van der Waals surface area contributed by atoms with E-state index in [0.717, 1.165) is 19.3 Å². The van der Waals surface area contributed by atoms with Gasteiger partial charge < -0.3 is 35.4 Å². The van der Waals surface area contributed by atoms with Crippen LogP contribution in [0.3, 0.4) is 0 Å². The van der Waals surface area contributed by atoms with Gasteiger partial charge >= 0.3 is 5.97 Å². The number of halogens is 1. The molecule has 3 aliphatic rings. The van der Waals surface area contributed by atoms with Gasteiger partial charge in [0.05, 0.1) is 0 Å². The van der Waals surface area contributed by atoms with Gasteiger partial charge in [-0.3, -0.25) is 28.8 Å². The average molecular weight is 727 g/mol. The van der Waals surface area contributed by atoms with E-state index in [1.165, 1.54) is 59.9 Å². The highest BCUT2D eigenvalue weighted by Crippen LogP contribution is 2.23. The number of allylic oxidation sites excluding steroid dienone is 1. The van der Waals surface area contributed by atoms with Gasteiger partial charge in [-0.2, -0.15) is 0 Å². The van der Waals surface area contributed by atoms with E-state index in [9.17, 15) is 38.0 Å². The number of cyclic esters (lactones) is 1. The Balaban J connectivity index is 1.64. The van der Waals surface area contributed by atoms with Gasteiger partial charge in [0, 0.05) is 26.6 Å². The van der Waals surface area contributed by atoms with Crippen molar-refractivity contribution in [2.45, 2.75) is 115 Å². The topological polar surface area (TPSA) is 175 Å². The number of fused-ring (bicyclic) bond motifs is 2. The van der Waals surface area contributed by atoms with E-state index >= 15 is 0 Å². The standard InChI is InChI=1S/C37H51FN6O8/c1-5-6-7-8-9-18-31(45)40-27(21-25-14-10-11-15-26(25)38)33(47)41-28-22-52-37(51)30-17-13-20-44(30)34(48)23(2)39-32(46)24(3)42(4)36(50)29-16-12-19-43(29)35(28)49/h9-11,14-15,18,23-24,27-30H,5-8,12-13,16-17,19-22H2,1-4H3,(H,39,46)(H,40,45)(H,41,47)/t23-,24-,27-,28-,29-,30-/m0/s1. The summed E-state index contributed by atoms with van der Waals surface area (Å²) in [6.45, 7) is 4.84. The summed E-state index contributed by atoms with van der Waals surface area (Å²) < 4.78 is 20.4. The molecule has 1 aromatic carbocycles. The number of benzene rings is 1. The normalized spacial score (nSPS) is 25.4. The summed E-state index contributed by atoms with van der Waals surface area (Å²) in [5.41, 5.74) is 0.150. The molecule has 52 heavy (non-hydrogen) atoms. The number of likely N-dealkylation sites (N-methyl/N-ethyl adjacent to an activating group) is 1. The molecule has 284 valence electrons. The molecule has 6 atom stereocenters. The average Bonchev–Trinajstić information content (AvgIpc) is 3.82. The van der Waals surface area contributed by atoms with Crippen molar-refractivity contribution in [3.63, 3.8) is 0 Å². The van der Waals surface area contributed by atoms with Crippen molar-refractivity contribution < 1.29 is 42.7 Å². The Bertz CT molecular complexity index is 1540. The third kappa shape index (κ3) is 9.94. The van der Waals surface area contributed by atoms with E-state index in [1.54, 1.807) is 12.1 Å². The fourth-order valence-electron chi connectivity index (χ4n) is 6.73. The summed E-state index contributed by atoms with van der Waals surface area (Å²) in [4.78, 5) is 98.6. The molecule has 3 aliphatic heterocycles. The van der Waals surface area contributed by atoms with Crippen molar-refractivity contribution in [3.05, 3.63) is 47.8 Å². The highest BCUT2D eigenvalue weighted by atomic mass is 19.1. The molecule has 0 saturated carbocycles. The molecule has 0 aliphatic carbocycles. The third-order valence-corrected chi connectivity index (χ3v) is 9.93. The predicted molar refractivity (Wildman–Crippen MR) is 188 cm³/mol. The van der Waals surface area contributed by atoms with Crippen LogP contribution in [0.1, 0.15) is 77.7 Å². The molecule has 0 unspecified atom stereocenters. The third-order valence-electron chi connectivity index (χ3n) is 9.93. The Morgan fingerprint density at radius 2 is 1.65 bits per heavy atom. The van der Waals surface area contributed by atoms with Gasteiger partial charge in [0.25, 0.3) is 0 Å². The summed E-state index contributed by atoms with van der Waals surface area (Å²) in [7, 11) is 1.44. The lowest BCUT2D eigenvalue weighted by Crippen LogP contribution is -2.60. The Labute approximate surface area is 303 Å². The zero-order valence-electron chi connectivity index (χ0n) is 30.4. The zero-order chi connectivity index (χ0) is 37.9. The second-order valence-electron chi connectivity index (χ2n) is 13.7. The summed E-state index contributed by atoms with van der Waals surface area (Å²) in [6, 6.07) is -0.985. The predicted octanol–water partition coefficient (Wildman–Crippen LogP) is 1.36. The van der Waals surface area contributed by atoms with Crippen molar-refractivity contribution in [3.8, 4) is 0 Å². The maximum Gasteiger partial charge on any atom is 0.328 e. The number of hydrogen-bond donors (Lipinski definition) is 3. The van der Waals surface area contributed by atoms with Gasteiger partial charge in [0.2, 0.25) is 35.4 Å². The molecule has 15 heteroatoms. The van der Waals surface area contributed by atoms with Crippen LogP contribution in [0.5, 0.6) is 0 Å². The van der Waals surface area contributed by atoms with Gasteiger partial charge in [0.1, 0.15) is 48.7 Å². The highest BCUT2D eigenvalue weighted by Gasteiger charge is 2.43. The first-order valence-electron chi connectivity index (χ1n) is 18.2.